The summed E-state index contributed by atoms with van der Waals surface area (Å²) in [6.07, 6.45) is 3.50. The Morgan fingerprint density at radius 1 is 0.872 bits per heavy atom. The quantitative estimate of drug-likeness (QED) is 0.300. The molecule has 0 unspecified atom stereocenters. The summed E-state index contributed by atoms with van der Waals surface area (Å²) in [6.45, 7) is 7.37. The molecule has 2 saturated heterocycles. The van der Waals surface area contributed by atoms with E-state index in [4.69, 9.17) is 14.5 Å². The molecule has 0 bridgehead atoms. The molecule has 0 radical (unpaired) electrons. The molecular formula is C28H30N8O3. The van der Waals surface area contributed by atoms with Crippen molar-refractivity contribution < 1.29 is 14.3 Å². The lowest BCUT2D eigenvalue weighted by molar-refractivity contribution is 0.0965. The number of carbonyl (C=O) groups is 1. The second-order valence-corrected chi connectivity index (χ2v) is 9.47. The molecular weight excluding hydrogens is 496 g/mol. The average molecular weight is 527 g/mol. The zero-order valence-corrected chi connectivity index (χ0v) is 21.8. The van der Waals surface area contributed by atoms with Crippen molar-refractivity contribution >= 4 is 40.9 Å². The van der Waals surface area contributed by atoms with Gasteiger partial charge in [0.2, 0.25) is 17.8 Å². The van der Waals surface area contributed by atoms with Gasteiger partial charge in [-0.2, -0.15) is 20.1 Å². The van der Waals surface area contributed by atoms with E-state index in [1.165, 1.54) is 0 Å². The molecule has 200 valence electrons. The summed E-state index contributed by atoms with van der Waals surface area (Å²) < 4.78 is 12.7. The smallest absolute Gasteiger partial charge is 0.262 e. The first-order chi connectivity index (χ1) is 19.2. The molecule has 2 aliphatic heterocycles. The number of morpholine rings is 2. The second-order valence-electron chi connectivity index (χ2n) is 9.47. The summed E-state index contributed by atoms with van der Waals surface area (Å²) >= 11 is 0. The summed E-state index contributed by atoms with van der Waals surface area (Å²) in [5.74, 6) is 1.44. The molecule has 2 fully saturated rings. The first-order valence-electron chi connectivity index (χ1n) is 13.1. The van der Waals surface area contributed by atoms with Crippen LogP contribution in [0.4, 0.5) is 17.8 Å². The summed E-state index contributed by atoms with van der Waals surface area (Å²) in [5.41, 5.74) is 6.34. The number of hydrogen-bond acceptors (Lipinski definition) is 10. The first kappa shape index (κ1) is 25.0. The zero-order chi connectivity index (χ0) is 26.6. The fraction of sp³-hybridized carbons (Fsp3) is 0.321. The molecule has 2 aromatic carbocycles. The van der Waals surface area contributed by atoms with E-state index in [0.29, 0.717) is 76.0 Å². The molecule has 11 nitrogen and oxygen atoms in total. The number of aryl methyl sites for hydroxylation is 1. The van der Waals surface area contributed by atoms with E-state index in [0.717, 1.165) is 22.0 Å². The van der Waals surface area contributed by atoms with Gasteiger partial charge in [-0.05, 0) is 25.1 Å². The topological polar surface area (TPSA) is 110 Å². The van der Waals surface area contributed by atoms with Crippen LogP contribution in [0, 0.1) is 6.92 Å². The van der Waals surface area contributed by atoms with Crippen molar-refractivity contribution in [3.05, 3.63) is 71.4 Å². The van der Waals surface area contributed by atoms with Crippen LogP contribution >= 0.6 is 0 Å². The highest BCUT2D eigenvalue weighted by Crippen LogP contribution is 2.22. The third-order valence-corrected chi connectivity index (χ3v) is 6.83. The van der Waals surface area contributed by atoms with E-state index in [1.54, 1.807) is 10.8 Å². The van der Waals surface area contributed by atoms with Crippen molar-refractivity contribution in [1.82, 2.24) is 19.5 Å². The molecule has 4 heterocycles. The monoisotopic (exact) mass is 526 g/mol. The Bertz CT molecular complexity index is 1450. The zero-order valence-electron chi connectivity index (χ0n) is 21.8. The Kier molecular flexibility index (Phi) is 7.15. The predicted octanol–water partition coefficient (Wildman–Crippen LogP) is 2.94. The minimum atomic E-state index is -0.0958. The summed E-state index contributed by atoms with van der Waals surface area (Å²) in [4.78, 5) is 31.5. The summed E-state index contributed by atoms with van der Waals surface area (Å²) in [6, 6.07) is 15.4. The van der Waals surface area contributed by atoms with Crippen LogP contribution in [-0.4, -0.2) is 84.2 Å². The molecule has 2 aromatic heterocycles. The van der Waals surface area contributed by atoms with Crippen molar-refractivity contribution in [2.75, 3.05) is 67.8 Å². The lowest BCUT2D eigenvalue weighted by Gasteiger charge is -2.30. The molecule has 39 heavy (non-hydrogen) atoms. The van der Waals surface area contributed by atoms with Gasteiger partial charge in [0, 0.05) is 48.9 Å². The molecule has 4 aromatic rings. The molecule has 0 atom stereocenters. The third-order valence-electron chi connectivity index (χ3n) is 6.83. The average Bonchev–Trinajstić information content (AvgIpc) is 3.36. The first-order valence-corrected chi connectivity index (χ1v) is 13.1. The Labute approximate surface area is 226 Å². The van der Waals surface area contributed by atoms with Gasteiger partial charge in [0.25, 0.3) is 5.91 Å². The normalized spacial score (nSPS) is 16.2. The number of fused-ring (bicyclic) bond motifs is 1. The van der Waals surface area contributed by atoms with Gasteiger partial charge in [-0.25, -0.2) is 5.43 Å². The molecule has 6 rings (SSSR count). The maximum absolute atomic E-state index is 13.3. The lowest BCUT2D eigenvalue weighted by Crippen LogP contribution is -2.40. The number of aromatic nitrogens is 4. The van der Waals surface area contributed by atoms with Crippen molar-refractivity contribution in [2.45, 2.75) is 6.92 Å². The molecule has 0 aliphatic carbocycles. The summed E-state index contributed by atoms with van der Waals surface area (Å²) in [5, 5.41) is 5.37. The van der Waals surface area contributed by atoms with E-state index in [9.17, 15) is 4.79 Å². The Hall–Kier alpha value is -4.35. The number of rotatable bonds is 6. The van der Waals surface area contributed by atoms with E-state index in [-0.39, 0.29) is 5.91 Å². The standard InChI is InChI=1S/C28H30N8O3/c1-20-6-8-21(9-7-20)25(37)36-19-22(23-4-2-3-5-24(23)36)18-29-33-26-30-27(34-10-14-38-15-11-34)32-28(31-26)35-12-16-39-17-13-35/h2-9,18-19H,10-17H2,1H3,(H,30,31,32,33)/b29-18+. The van der Waals surface area contributed by atoms with Crippen LogP contribution in [0.3, 0.4) is 0 Å². The maximum Gasteiger partial charge on any atom is 0.262 e. The van der Waals surface area contributed by atoms with Gasteiger partial charge in [0.05, 0.1) is 38.2 Å². The van der Waals surface area contributed by atoms with Gasteiger partial charge in [-0.15, -0.1) is 0 Å². The number of carbonyl (C=O) groups excluding carboxylic acids is 1. The van der Waals surface area contributed by atoms with E-state index < -0.39 is 0 Å². The molecule has 0 spiro atoms. The highest BCUT2D eigenvalue weighted by Gasteiger charge is 2.21. The Balaban J connectivity index is 1.28. The molecule has 2 aliphatic rings. The van der Waals surface area contributed by atoms with Gasteiger partial charge in [0.1, 0.15) is 0 Å². The van der Waals surface area contributed by atoms with Crippen LogP contribution in [-0.2, 0) is 9.47 Å². The third kappa shape index (κ3) is 5.45. The fourth-order valence-corrected chi connectivity index (χ4v) is 4.69. The van der Waals surface area contributed by atoms with Crippen LogP contribution in [0.1, 0.15) is 21.5 Å². The van der Waals surface area contributed by atoms with Crippen LogP contribution in [0.25, 0.3) is 10.9 Å². The van der Waals surface area contributed by atoms with Crippen molar-refractivity contribution in [1.29, 1.82) is 0 Å². The molecule has 0 saturated carbocycles. The van der Waals surface area contributed by atoms with Gasteiger partial charge in [-0.3, -0.25) is 9.36 Å². The number of para-hydroxylation sites is 1. The van der Waals surface area contributed by atoms with Crippen LogP contribution in [0.2, 0.25) is 0 Å². The van der Waals surface area contributed by atoms with Crippen molar-refractivity contribution in [3.63, 3.8) is 0 Å². The Morgan fingerprint density at radius 2 is 1.49 bits per heavy atom. The van der Waals surface area contributed by atoms with Gasteiger partial charge < -0.3 is 19.3 Å². The maximum atomic E-state index is 13.3. The lowest BCUT2D eigenvalue weighted by atomic mass is 10.1. The number of hydrogen-bond donors (Lipinski definition) is 1. The number of nitrogens with zero attached hydrogens (tertiary/aromatic N) is 7. The van der Waals surface area contributed by atoms with E-state index in [1.807, 2.05) is 61.7 Å². The number of anilines is 3. The molecule has 0 amide bonds. The van der Waals surface area contributed by atoms with Gasteiger partial charge in [0.15, 0.2) is 0 Å². The summed E-state index contributed by atoms with van der Waals surface area (Å²) in [7, 11) is 0. The fourth-order valence-electron chi connectivity index (χ4n) is 4.69. The number of hydrazone groups is 1. The van der Waals surface area contributed by atoms with Crippen LogP contribution < -0.4 is 15.2 Å². The van der Waals surface area contributed by atoms with Crippen molar-refractivity contribution in [2.24, 2.45) is 5.10 Å². The van der Waals surface area contributed by atoms with Gasteiger partial charge in [-0.1, -0.05) is 35.9 Å². The highest BCUT2D eigenvalue weighted by atomic mass is 16.5. The minimum Gasteiger partial charge on any atom is -0.378 e. The van der Waals surface area contributed by atoms with E-state index >= 15 is 0 Å². The number of ether oxygens (including phenoxy) is 2. The van der Waals surface area contributed by atoms with E-state index in [2.05, 4.69) is 30.3 Å². The van der Waals surface area contributed by atoms with Crippen molar-refractivity contribution in [3.8, 4) is 0 Å². The molecule has 11 heteroatoms. The Morgan fingerprint density at radius 3 is 2.13 bits per heavy atom. The predicted molar refractivity (Wildman–Crippen MR) is 150 cm³/mol. The molecule has 1 N–H and O–H groups in total. The van der Waals surface area contributed by atoms with Crippen LogP contribution in [0.15, 0.2) is 59.8 Å². The number of nitrogens with one attached hydrogen (secondary N) is 1. The van der Waals surface area contributed by atoms with Gasteiger partial charge >= 0.3 is 0 Å². The SMILES string of the molecule is Cc1ccc(C(=O)n2cc(/C=N/Nc3nc(N4CCOCC4)nc(N4CCOCC4)n3)c3ccccc32)cc1. The minimum absolute atomic E-state index is 0.0958. The largest absolute Gasteiger partial charge is 0.378 e. The highest BCUT2D eigenvalue weighted by molar-refractivity contribution is 6.07. The second kappa shape index (κ2) is 11.2. The number of benzene rings is 2. The van der Waals surface area contributed by atoms with Crippen LogP contribution in [0.5, 0.6) is 0 Å².